The van der Waals surface area contributed by atoms with Crippen LogP contribution in [0.2, 0.25) is 0 Å². The van der Waals surface area contributed by atoms with E-state index in [1.165, 1.54) is 37.7 Å². The summed E-state index contributed by atoms with van der Waals surface area (Å²) in [7, 11) is 3.93. The molecule has 156 valence electrons. The van der Waals surface area contributed by atoms with Crippen LogP contribution in [0.15, 0.2) is 54.6 Å². The number of ether oxygens (including phenoxy) is 1. The first-order chi connectivity index (χ1) is 12.7. The number of methoxy groups -OCH3 is 1. The number of para-hydroxylation sites is 2. The maximum atomic E-state index is 5.66. The average molecular weight is 425 g/mol. The van der Waals surface area contributed by atoms with Gasteiger partial charge in [0, 0.05) is 13.1 Å². The van der Waals surface area contributed by atoms with Crippen molar-refractivity contribution in [3.8, 4) is 5.75 Å². The lowest BCUT2D eigenvalue weighted by molar-refractivity contribution is 0.236. The minimum absolute atomic E-state index is 0. The quantitative estimate of drug-likeness (QED) is 0.538. The molecule has 0 unspecified atom stereocenters. The molecule has 3 nitrogen and oxygen atoms in total. The highest BCUT2D eigenvalue weighted by atomic mass is 35.5. The van der Waals surface area contributed by atoms with Gasteiger partial charge in [0.1, 0.15) is 11.4 Å². The van der Waals surface area contributed by atoms with Gasteiger partial charge in [-0.3, -0.25) is 5.32 Å². The van der Waals surface area contributed by atoms with Gasteiger partial charge in [0.2, 0.25) is 0 Å². The number of rotatable bonds is 7. The summed E-state index contributed by atoms with van der Waals surface area (Å²) >= 11 is 0. The lowest BCUT2D eigenvalue weighted by Gasteiger charge is -2.47. The smallest absolute Gasteiger partial charge is 0.142 e. The Balaban J connectivity index is 0.00000196. The fraction of sp³-hybridized carbons (Fsp3) is 0.478. The molecule has 1 saturated carbocycles. The summed E-state index contributed by atoms with van der Waals surface area (Å²) in [4.78, 5) is 2.37. The number of halogens is 2. The van der Waals surface area contributed by atoms with Gasteiger partial charge in [-0.25, -0.2) is 0 Å². The fourth-order valence-electron chi connectivity index (χ4n) is 4.33. The Labute approximate surface area is 182 Å². The van der Waals surface area contributed by atoms with Crippen molar-refractivity contribution in [3.63, 3.8) is 0 Å². The number of benzene rings is 2. The van der Waals surface area contributed by atoms with Crippen LogP contribution >= 0.6 is 24.8 Å². The maximum absolute atomic E-state index is 5.66. The van der Waals surface area contributed by atoms with E-state index >= 15 is 0 Å². The van der Waals surface area contributed by atoms with Crippen molar-refractivity contribution in [1.82, 2.24) is 5.32 Å². The monoisotopic (exact) mass is 424 g/mol. The molecule has 0 saturated heterocycles. The van der Waals surface area contributed by atoms with Crippen molar-refractivity contribution in [3.05, 3.63) is 60.2 Å². The van der Waals surface area contributed by atoms with E-state index in [0.717, 1.165) is 17.9 Å². The van der Waals surface area contributed by atoms with Crippen molar-refractivity contribution in [2.75, 3.05) is 19.1 Å². The van der Waals surface area contributed by atoms with Gasteiger partial charge in [0.15, 0.2) is 0 Å². The van der Waals surface area contributed by atoms with Crippen LogP contribution in [0.4, 0.5) is 5.69 Å². The molecule has 1 aliphatic rings. The van der Waals surface area contributed by atoms with Crippen molar-refractivity contribution < 1.29 is 4.74 Å². The van der Waals surface area contributed by atoms with Crippen molar-refractivity contribution in [2.45, 2.75) is 57.2 Å². The predicted octanol–water partition coefficient (Wildman–Crippen LogP) is 6.16. The SMILES string of the molecule is CC[C@](NC1CCCCC1)(c1ccccc1)N(C)c1ccccc1OC.Cl.Cl. The Morgan fingerprint density at radius 3 is 2.18 bits per heavy atom. The number of anilines is 1. The van der Waals surface area contributed by atoms with Gasteiger partial charge in [-0.15, -0.1) is 24.8 Å². The third-order valence-electron chi connectivity index (χ3n) is 5.83. The minimum Gasteiger partial charge on any atom is -0.495 e. The van der Waals surface area contributed by atoms with Gasteiger partial charge in [0.05, 0.1) is 12.8 Å². The molecule has 3 rings (SSSR count). The standard InChI is InChI=1S/C23H32N2O.2ClH/c1-4-23(19-13-7-5-8-14-19,24-20-15-9-6-10-16-20)25(2)21-17-11-12-18-22(21)26-3;;/h5,7-8,11-14,17-18,20,24H,4,6,9-10,15-16H2,1-3H3;2*1H/t23-;;/m1../s1. The van der Waals surface area contributed by atoms with Gasteiger partial charge < -0.3 is 9.64 Å². The maximum Gasteiger partial charge on any atom is 0.142 e. The highest BCUT2D eigenvalue weighted by molar-refractivity contribution is 5.85. The van der Waals surface area contributed by atoms with E-state index in [9.17, 15) is 0 Å². The lowest BCUT2D eigenvalue weighted by atomic mass is 9.89. The molecule has 0 bridgehead atoms. The van der Waals surface area contributed by atoms with E-state index in [-0.39, 0.29) is 30.5 Å². The zero-order chi connectivity index (χ0) is 18.4. The molecule has 0 aromatic heterocycles. The second kappa shape index (κ2) is 11.5. The molecule has 1 N–H and O–H groups in total. The molecule has 5 heteroatoms. The predicted molar refractivity (Wildman–Crippen MR) is 124 cm³/mol. The first kappa shape index (κ1) is 24.6. The van der Waals surface area contributed by atoms with Crippen LogP contribution in [-0.2, 0) is 5.66 Å². The van der Waals surface area contributed by atoms with Gasteiger partial charge >= 0.3 is 0 Å². The number of hydrogen-bond donors (Lipinski definition) is 1. The van der Waals surface area contributed by atoms with Crippen LogP contribution in [0, 0.1) is 0 Å². The highest BCUT2D eigenvalue weighted by Gasteiger charge is 2.38. The zero-order valence-corrected chi connectivity index (χ0v) is 18.8. The number of nitrogens with one attached hydrogen (secondary N) is 1. The first-order valence-corrected chi connectivity index (χ1v) is 9.91. The van der Waals surface area contributed by atoms with Crippen LogP contribution in [0.1, 0.15) is 51.0 Å². The lowest BCUT2D eigenvalue weighted by Crippen LogP contribution is -2.58. The normalized spacial score (nSPS) is 16.2. The summed E-state index contributed by atoms with van der Waals surface area (Å²) in [6.45, 7) is 2.27. The third-order valence-corrected chi connectivity index (χ3v) is 5.83. The Morgan fingerprint density at radius 2 is 1.57 bits per heavy atom. The van der Waals surface area contributed by atoms with E-state index in [4.69, 9.17) is 4.74 Å². The van der Waals surface area contributed by atoms with Gasteiger partial charge in [-0.05, 0) is 37.0 Å². The van der Waals surface area contributed by atoms with E-state index in [1.54, 1.807) is 7.11 Å². The summed E-state index contributed by atoms with van der Waals surface area (Å²) < 4.78 is 5.66. The molecule has 0 heterocycles. The summed E-state index contributed by atoms with van der Waals surface area (Å²) in [5, 5.41) is 4.06. The Bertz CT molecular complexity index is 692. The second-order valence-corrected chi connectivity index (χ2v) is 7.29. The van der Waals surface area contributed by atoms with Crippen molar-refractivity contribution in [1.29, 1.82) is 0 Å². The van der Waals surface area contributed by atoms with Gasteiger partial charge in [0.25, 0.3) is 0 Å². The largest absolute Gasteiger partial charge is 0.495 e. The Morgan fingerprint density at radius 1 is 0.964 bits per heavy atom. The van der Waals surface area contributed by atoms with Crippen LogP contribution in [0.25, 0.3) is 0 Å². The molecule has 0 amide bonds. The molecule has 0 radical (unpaired) electrons. The van der Waals surface area contributed by atoms with Crippen LogP contribution in [-0.4, -0.2) is 20.2 Å². The Hall–Kier alpha value is -1.42. The van der Waals surface area contributed by atoms with Crippen molar-refractivity contribution >= 4 is 30.5 Å². The van der Waals surface area contributed by atoms with Crippen LogP contribution in [0.3, 0.4) is 0 Å². The van der Waals surface area contributed by atoms with E-state index in [2.05, 4.69) is 66.7 Å². The zero-order valence-electron chi connectivity index (χ0n) is 17.2. The van der Waals surface area contributed by atoms with Crippen molar-refractivity contribution in [2.24, 2.45) is 0 Å². The summed E-state index contributed by atoms with van der Waals surface area (Å²) in [5.41, 5.74) is 2.17. The molecule has 0 spiro atoms. The average Bonchev–Trinajstić information content (AvgIpc) is 2.73. The molecular weight excluding hydrogens is 391 g/mol. The fourth-order valence-corrected chi connectivity index (χ4v) is 4.33. The third kappa shape index (κ3) is 5.14. The molecule has 2 aromatic rings. The molecule has 1 atom stereocenters. The van der Waals surface area contributed by atoms with Gasteiger partial charge in [-0.2, -0.15) is 0 Å². The second-order valence-electron chi connectivity index (χ2n) is 7.29. The molecule has 1 aliphatic carbocycles. The highest BCUT2D eigenvalue weighted by Crippen LogP contribution is 2.38. The summed E-state index contributed by atoms with van der Waals surface area (Å²) in [5.74, 6) is 0.911. The topological polar surface area (TPSA) is 24.5 Å². The molecule has 0 aliphatic heterocycles. The summed E-state index contributed by atoms with van der Waals surface area (Å²) in [6.07, 6.45) is 7.50. The van der Waals surface area contributed by atoms with E-state index in [0.29, 0.717) is 6.04 Å². The first-order valence-electron chi connectivity index (χ1n) is 9.91. The summed E-state index contributed by atoms with van der Waals surface area (Å²) in [6, 6.07) is 19.7. The minimum atomic E-state index is -0.252. The van der Waals surface area contributed by atoms with Crippen LogP contribution < -0.4 is 15.0 Å². The number of hydrogen-bond acceptors (Lipinski definition) is 3. The van der Waals surface area contributed by atoms with Gasteiger partial charge in [-0.1, -0.05) is 68.7 Å². The van der Waals surface area contributed by atoms with E-state index in [1.807, 2.05) is 12.1 Å². The molecule has 2 aromatic carbocycles. The number of nitrogens with zero attached hydrogens (tertiary/aromatic N) is 1. The van der Waals surface area contributed by atoms with E-state index < -0.39 is 0 Å². The molecule has 28 heavy (non-hydrogen) atoms. The molecule has 1 fully saturated rings. The molecular formula is C23H34Cl2N2O. The van der Waals surface area contributed by atoms with Crippen LogP contribution in [0.5, 0.6) is 5.75 Å². The Kier molecular flexibility index (Phi) is 10.2.